The summed E-state index contributed by atoms with van der Waals surface area (Å²) < 4.78 is 20.5. The molecule has 2 aromatic heterocycles. The van der Waals surface area contributed by atoms with E-state index in [4.69, 9.17) is 4.74 Å². The lowest BCUT2D eigenvalue weighted by molar-refractivity contribution is 0.340. The van der Waals surface area contributed by atoms with Gasteiger partial charge in [-0.3, -0.25) is 4.40 Å². The van der Waals surface area contributed by atoms with Gasteiger partial charge in [-0.2, -0.15) is 0 Å². The quantitative estimate of drug-likeness (QED) is 0.682. The van der Waals surface area contributed by atoms with E-state index in [1.165, 1.54) is 16.5 Å². The van der Waals surface area contributed by atoms with E-state index < -0.39 is 5.82 Å². The van der Waals surface area contributed by atoms with Gasteiger partial charge in [0.15, 0.2) is 11.5 Å². The highest BCUT2D eigenvalue weighted by atomic mass is 19.1. The molecule has 106 valence electrons. The number of aromatic nitrogens is 2. The van der Waals surface area contributed by atoms with Gasteiger partial charge in [0.05, 0.1) is 6.61 Å². The monoisotopic (exact) mass is 285 g/mol. The lowest BCUT2D eigenvalue weighted by atomic mass is 10.1. The molecule has 21 heavy (non-hydrogen) atoms. The van der Waals surface area contributed by atoms with Crippen LogP contribution in [0.15, 0.2) is 47.8 Å². The highest BCUT2D eigenvalue weighted by Gasteiger charge is 2.16. The Morgan fingerprint density at radius 1 is 1.29 bits per heavy atom. The summed E-state index contributed by atoms with van der Waals surface area (Å²) in [5.74, 6) is 0.296. The van der Waals surface area contributed by atoms with Crippen LogP contribution < -0.4 is 4.74 Å². The largest absolute Gasteiger partial charge is 0.494 e. The van der Waals surface area contributed by atoms with Crippen LogP contribution in [0, 0.1) is 10.7 Å². The normalized spacial score (nSPS) is 10.8. The molecule has 0 amide bonds. The number of ether oxygens (including phenoxy) is 1. The standard InChI is InChI=1S/C15H12FN3O2/c1-2-21-11-7-5-10(6-8-11)13-15(18-20)19-9-3-4-12(16)14(19)17-13/h3-9H,2H2,1H3. The van der Waals surface area contributed by atoms with Crippen molar-refractivity contribution in [1.82, 2.24) is 9.38 Å². The molecule has 5 nitrogen and oxygen atoms in total. The molecule has 0 radical (unpaired) electrons. The van der Waals surface area contributed by atoms with Gasteiger partial charge in [0.25, 0.3) is 0 Å². The van der Waals surface area contributed by atoms with E-state index in [-0.39, 0.29) is 11.5 Å². The number of fused-ring (bicyclic) bond motifs is 1. The van der Waals surface area contributed by atoms with E-state index in [1.807, 2.05) is 6.92 Å². The molecule has 2 heterocycles. The van der Waals surface area contributed by atoms with Gasteiger partial charge in [-0.05, 0) is 48.5 Å². The highest BCUT2D eigenvalue weighted by molar-refractivity contribution is 5.74. The maximum atomic E-state index is 13.7. The van der Waals surface area contributed by atoms with Crippen LogP contribution in [0.5, 0.6) is 5.75 Å². The Labute approximate surface area is 120 Å². The molecule has 0 fully saturated rings. The molecule has 0 N–H and O–H groups in total. The molecule has 0 saturated heterocycles. The van der Waals surface area contributed by atoms with E-state index in [0.717, 1.165) is 5.75 Å². The van der Waals surface area contributed by atoms with Gasteiger partial charge in [-0.25, -0.2) is 9.37 Å². The number of nitrogens with zero attached hydrogens (tertiary/aromatic N) is 3. The van der Waals surface area contributed by atoms with Crippen LogP contribution in [-0.2, 0) is 0 Å². The molecule has 3 rings (SSSR count). The van der Waals surface area contributed by atoms with Crippen molar-refractivity contribution in [2.24, 2.45) is 5.18 Å². The first-order chi connectivity index (χ1) is 10.2. The van der Waals surface area contributed by atoms with Crippen LogP contribution in [0.4, 0.5) is 10.2 Å². The van der Waals surface area contributed by atoms with Gasteiger partial charge in [0, 0.05) is 11.8 Å². The number of nitroso groups, excluding NO2 is 1. The molecule has 3 aromatic rings. The van der Waals surface area contributed by atoms with Crippen molar-refractivity contribution >= 4 is 11.5 Å². The van der Waals surface area contributed by atoms with Gasteiger partial charge in [-0.1, -0.05) is 0 Å². The molecule has 0 aliphatic carbocycles. The fourth-order valence-corrected chi connectivity index (χ4v) is 2.18. The Kier molecular flexibility index (Phi) is 3.35. The maximum Gasteiger partial charge on any atom is 0.209 e. The van der Waals surface area contributed by atoms with Crippen molar-refractivity contribution in [2.45, 2.75) is 6.92 Å². The molecular weight excluding hydrogens is 273 g/mol. The first-order valence-electron chi connectivity index (χ1n) is 6.47. The number of benzene rings is 1. The second kappa shape index (κ2) is 5.32. The molecule has 0 aliphatic rings. The average molecular weight is 285 g/mol. The summed E-state index contributed by atoms with van der Waals surface area (Å²) in [6, 6.07) is 9.86. The Balaban J connectivity index is 2.15. The molecule has 0 bridgehead atoms. The van der Waals surface area contributed by atoms with Gasteiger partial charge < -0.3 is 4.74 Å². The zero-order valence-electron chi connectivity index (χ0n) is 11.3. The van der Waals surface area contributed by atoms with E-state index in [9.17, 15) is 9.30 Å². The molecule has 6 heteroatoms. The van der Waals surface area contributed by atoms with Crippen LogP contribution in [0.3, 0.4) is 0 Å². The zero-order valence-corrected chi connectivity index (χ0v) is 11.3. The predicted molar refractivity (Wildman–Crippen MR) is 77.2 cm³/mol. The summed E-state index contributed by atoms with van der Waals surface area (Å²) in [7, 11) is 0. The van der Waals surface area contributed by atoms with E-state index in [0.29, 0.717) is 17.9 Å². The number of hydrogen-bond acceptors (Lipinski definition) is 4. The average Bonchev–Trinajstić information content (AvgIpc) is 2.88. The van der Waals surface area contributed by atoms with Crippen molar-refractivity contribution in [1.29, 1.82) is 0 Å². The van der Waals surface area contributed by atoms with Crippen LogP contribution in [-0.4, -0.2) is 16.0 Å². The minimum atomic E-state index is -0.500. The summed E-state index contributed by atoms with van der Waals surface area (Å²) in [5.41, 5.74) is 1.10. The van der Waals surface area contributed by atoms with Crippen LogP contribution in [0.1, 0.15) is 6.92 Å². The van der Waals surface area contributed by atoms with Crippen molar-refractivity contribution in [3.63, 3.8) is 0 Å². The lowest BCUT2D eigenvalue weighted by Gasteiger charge is -2.03. The van der Waals surface area contributed by atoms with E-state index in [2.05, 4.69) is 10.2 Å². The Bertz CT molecular complexity index is 797. The van der Waals surface area contributed by atoms with E-state index >= 15 is 0 Å². The van der Waals surface area contributed by atoms with E-state index in [1.54, 1.807) is 30.5 Å². The molecule has 0 atom stereocenters. The second-order valence-electron chi connectivity index (χ2n) is 4.38. The summed E-state index contributed by atoms with van der Waals surface area (Å²) in [6.45, 7) is 2.47. The molecule has 0 aliphatic heterocycles. The molecular formula is C15H12FN3O2. The van der Waals surface area contributed by atoms with Crippen molar-refractivity contribution in [2.75, 3.05) is 6.61 Å². The number of imidazole rings is 1. The smallest absolute Gasteiger partial charge is 0.209 e. The first-order valence-corrected chi connectivity index (χ1v) is 6.47. The Hall–Kier alpha value is -2.76. The summed E-state index contributed by atoms with van der Waals surface area (Å²) in [6.07, 6.45) is 1.56. The van der Waals surface area contributed by atoms with Crippen molar-refractivity contribution in [3.05, 3.63) is 53.3 Å². The summed E-state index contributed by atoms with van der Waals surface area (Å²) in [5, 5.41) is 2.99. The Morgan fingerprint density at radius 3 is 2.71 bits per heavy atom. The number of pyridine rings is 1. The summed E-state index contributed by atoms with van der Waals surface area (Å²) in [4.78, 5) is 15.3. The number of rotatable bonds is 4. The topological polar surface area (TPSA) is 56.0 Å². The van der Waals surface area contributed by atoms with Crippen LogP contribution in [0.25, 0.3) is 16.9 Å². The van der Waals surface area contributed by atoms with Crippen molar-refractivity contribution in [3.8, 4) is 17.0 Å². The minimum Gasteiger partial charge on any atom is -0.494 e. The van der Waals surface area contributed by atoms with Crippen LogP contribution >= 0.6 is 0 Å². The van der Waals surface area contributed by atoms with Gasteiger partial charge in [0.1, 0.15) is 11.4 Å². The molecule has 0 unspecified atom stereocenters. The second-order valence-corrected chi connectivity index (χ2v) is 4.38. The molecule has 0 spiro atoms. The van der Waals surface area contributed by atoms with Gasteiger partial charge >= 0.3 is 0 Å². The molecule has 0 saturated carbocycles. The third kappa shape index (κ3) is 2.24. The molecule has 1 aromatic carbocycles. The lowest BCUT2D eigenvalue weighted by Crippen LogP contribution is -1.90. The zero-order chi connectivity index (χ0) is 14.8. The fraction of sp³-hybridized carbons (Fsp3) is 0.133. The number of hydrogen-bond donors (Lipinski definition) is 0. The first kappa shape index (κ1) is 13.2. The predicted octanol–water partition coefficient (Wildman–Crippen LogP) is 3.94. The maximum absolute atomic E-state index is 13.7. The SMILES string of the molecule is CCOc1ccc(-c2nc3c(F)cccn3c2N=O)cc1. The fourth-order valence-electron chi connectivity index (χ4n) is 2.18. The Morgan fingerprint density at radius 2 is 2.05 bits per heavy atom. The van der Waals surface area contributed by atoms with Gasteiger partial charge in [-0.15, -0.1) is 4.91 Å². The minimum absolute atomic E-state index is 0.0775. The van der Waals surface area contributed by atoms with Gasteiger partial charge in [0.2, 0.25) is 5.82 Å². The third-order valence-corrected chi connectivity index (χ3v) is 3.10. The summed E-state index contributed by atoms with van der Waals surface area (Å²) >= 11 is 0. The van der Waals surface area contributed by atoms with Crippen molar-refractivity contribution < 1.29 is 9.13 Å². The third-order valence-electron chi connectivity index (χ3n) is 3.10. The van der Waals surface area contributed by atoms with Crippen LogP contribution in [0.2, 0.25) is 0 Å². The highest BCUT2D eigenvalue weighted by Crippen LogP contribution is 2.32. The number of halogens is 1.